The summed E-state index contributed by atoms with van der Waals surface area (Å²) in [5.74, 6) is 2.89. The Kier molecular flexibility index (Phi) is 10.0. The summed E-state index contributed by atoms with van der Waals surface area (Å²) in [6.07, 6.45) is 1.06. The molecule has 0 fully saturated rings. The van der Waals surface area contributed by atoms with E-state index in [0.29, 0.717) is 41.1 Å². The topological polar surface area (TPSA) is 46.9 Å². The van der Waals surface area contributed by atoms with Crippen molar-refractivity contribution in [1.82, 2.24) is 9.80 Å². The first-order valence-corrected chi connectivity index (χ1v) is 12.0. The maximum Gasteiger partial charge on any atom is 0.115 e. The van der Waals surface area contributed by atoms with Crippen molar-refractivity contribution in [2.45, 2.75) is 46.0 Å². The van der Waals surface area contributed by atoms with Crippen LogP contribution >= 0.6 is 0 Å². The third-order valence-electron chi connectivity index (χ3n) is 6.76. The largest absolute Gasteiger partial charge is 0.508 e. The maximum absolute atomic E-state index is 10.1. The highest BCUT2D eigenvalue weighted by Crippen LogP contribution is 2.35. The lowest BCUT2D eigenvalue weighted by molar-refractivity contribution is 0.190. The summed E-state index contributed by atoms with van der Waals surface area (Å²) >= 11 is 0. The van der Waals surface area contributed by atoms with Gasteiger partial charge in [-0.25, -0.2) is 0 Å². The van der Waals surface area contributed by atoms with E-state index < -0.39 is 0 Å². The SMILES string of the molecule is CCC(c1cccc(O)c1)C(C)CN(C)CC(C)C(c1cccc(O)c1)C(C)CN(C)C. The molecule has 0 heterocycles. The molecule has 0 bridgehead atoms. The highest BCUT2D eigenvalue weighted by atomic mass is 16.3. The molecule has 32 heavy (non-hydrogen) atoms. The normalized spacial score (nSPS) is 16.7. The van der Waals surface area contributed by atoms with Crippen molar-refractivity contribution in [2.24, 2.45) is 17.8 Å². The van der Waals surface area contributed by atoms with Gasteiger partial charge in [-0.3, -0.25) is 0 Å². The van der Waals surface area contributed by atoms with Crippen LogP contribution in [0.2, 0.25) is 0 Å². The molecule has 4 nitrogen and oxygen atoms in total. The third kappa shape index (κ3) is 7.53. The van der Waals surface area contributed by atoms with Crippen molar-refractivity contribution < 1.29 is 10.2 Å². The number of hydrogen-bond donors (Lipinski definition) is 2. The molecule has 0 radical (unpaired) electrons. The predicted molar refractivity (Wildman–Crippen MR) is 136 cm³/mol. The molecule has 2 aromatic rings. The summed E-state index contributed by atoms with van der Waals surface area (Å²) in [4.78, 5) is 4.71. The molecule has 0 aliphatic carbocycles. The minimum atomic E-state index is 0.343. The van der Waals surface area contributed by atoms with Gasteiger partial charge in [-0.1, -0.05) is 52.0 Å². The second-order valence-corrected chi connectivity index (χ2v) is 10.1. The van der Waals surface area contributed by atoms with E-state index in [1.807, 2.05) is 24.3 Å². The maximum atomic E-state index is 10.1. The number of nitrogens with zero attached hydrogens (tertiary/aromatic N) is 2. The van der Waals surface area contributed by atoms with E-state index in [-0.39, 0.29) is 0 Å². The standard InChI is InChI=1S/C28H44N2O2/c1-8-27(23-11-9-13-25(31)15-23)20(2)18-30(7)19-22(4)28(21(3)17-29(5)6)24-12-10-14-26(32)16-24/h9-16,20-22,27-28,31-32H,8,17-19H2,1-7H3. The van der Waals surface area contributed by atoms with E-state index in [0.717, 1.165) is 26.1 Å². The second-order valence-electron chi connectivity index (χ2n) is 10.1. The Morgan fingerprint density at radius 1 is 0.719 bits per heavy atom. The lowest BCUT2D eigenvalue weighted by Crippen LogP contribution is -2.36. The lowest BCUT2D eigenvalue weighted by atomic mass is 9.77. The van der Waals surface area contributed by atoms with Crippen LogP contribution < -0.4 is 0 Å². The van der Waals surface area contributed by atoms with Crippen LogP contribution in [0.1, 0.15) is 57.1 Å². The average Bonchev–Trinajstić information content (AvgIpc) is 2.68. The summed E-state index contributed by atoms with van der Waals surface area (Å²) < 4.78 is 0. The van der Waals surface area contributed by atoms with E-state index in [4.69, 9.17) is 0 Å². The zero-order valence-corrected chi connectivity index (χ0v) is 21.1. The molecule has 0 aliphatic rings. The molecule has 0 aromatic heterocycles. The average molecular weight is 441 g/mol. The second kappa shape index (κ2) is 12.3. The highest BCUT2D eigenvalue weighted by molar-refractivity contribution is 5.31. The van der Waals surface area contributed by atoms with Crippen LogP contribution in [0.25, 0.3) is 0 Å². The van der Waals surface area contributed by atoms with Gasteiger partial charge in [0.25, 0.3) is 0 Å². The fourth-order valence-corrected chi connectivity index (χ4v) is 5.66. The van der Waals surface area contributed by atoms with E-state index in [2.05, 4.69) is 70.8 Å². The van der Waals surface area contributed by atoms with Crippen molar-refractivity contribution in [2.75, 3.05) is 40.8 Å². The van der Waals surface area contributed by atoms with Crippen LogP contribution in [0.15, 0.2) is 48.5 Å². The molecule has 0 aliphatic heterocycles. The smallest absolute Gasteiger partial charge is 0.115 e. The predicted octanol–water partition coefficient (Wildman–Crippen LogP) is 5.78. The van der Waals surface area contributed by atoms with Crippen molar-refractivity contribution in [3.63, 3.8) is 0 Å². The first-order valence-electron chi connectivity index (χ1n) is 12.0. The molecule has 5 atom stereocenters. The van der Waals surface area contributed by atoms with Crippen molar-refractivity contribution in [3.8, 4) is 11.5 Å². The zero-order valence-electron chi connectivity index (χ0n) is 21.1. The van der Waals surface area contributed by atoms with Gasteiger partial charge in [-0.15, -0.1) is 0 Å². The van der Waals surface area contributed by atoms with E-state index in [9.17, 15) is 10.2 Å². The number of phenols is 2. The van der Waals surface area contributed by atoms with E-state index in [1.54, 1.807) is 12.1 Å². The Hall–Kier alpha value is -2.04. The quantitative estimate of drug-likeness (QED) is 0.439. The number of phenolic OH excluding ortho intramolecular Hbond substituents is 2. The molecule has 2 N–H and O–H groups in total. The van der Waals surface area contributed by atoms with Gasteiger partial charge in [0.2, 0.25) is 0 Å². The minimum absolute atomic E-state index is 0.343. The number of benzene rings is 2. The molecular weight excluding hydrogens is 396 g/mol. The summed E-state index contributed by atoms with van der Waals surface area (Å²) in [7, 11) is 6.47. The highest BCUT2D eigenvalue weighted by Gasteiger charge is 2.28. The number of hydrogen-bond acceptors (Lipinski definition) is 4. The fraction of sp³-hybridized carbons (Fsp3) is 0.571. The molecule has 4 heteroatoms. The zero-order chi connectivity index (χ0) is 23.8. The van der Waals surface area contributed by atoms with Crippen LogP contribution in [0.5, 0.6) is 11.5 Å². The van der Waals surface area contributed by atoms with Gasteiger partial charge < -0.3 is 20.0 Å². The van der Waals surface area contributed by atoms with Crippen molar-refractivity contribution in [1.29, 1.82) is 0 Å². The molecule has 178 valence electrons. The van der Waals surface area contributed by atoms with Crippen molar-refractivity contribution >= 4 is 0 Å². The van der Waals surface area contributed by atoms with Gasteiger partial charge in [0.15, 0.2) is 0 Å². The lowest BCUT2D eigenvalue weighted by Gasteiger charge is -2.35. The molecule has 0 spiro atoms. The van der Waals surface area contributed by atoms with Gasteiger partial charge in [0.1, 0.15) is 11.5 Å². The Morgan fingerprint density at radius 2 is 1.22 bits per heavy atom. The molecule has 0 saturated carbocycles. The third-order valence-corrected chi connectivity index (χ3v) is 6.76. The monoisotopic (exact) mass is 440 g/mol. The number of aromatic hydroxyl groups is 2. The Morgan fingerprint density at radius 3 is 1.75 bits per heavy atom. The summed E-state index contributed by atoms with van der Waals surface area (Å²) in [5, 5.41) is 20.0. The van der Waals surface area contributed by atoms with E-state index in [1.165, 1.54) is 11.1 Å². The summed E-state index contributed by atoms with van der Waals surface area (Å²) in [6, 6.07) is 15.5. The van der Waals surface area contributed by atoms with Gasteiger partial charge in [0, 0.05) is 19.6 Å². The van der Waals surface area contributed by atoms with Gasteiger partial charge in [-0.2, -0.15) is 0 Å². The molecule has 0 amide bonds. The molecule has 5 unspecified atom stereocenters. The van der Waals surface area contributed by atoms with Gasteiger partial charge >= 0.3 is 0 Å². The first-order chi connectivity index (χ1) is 15.1. The molecule has 2 aromatic carbocycles. The molecule has 0 saturated heterocycles. The van der Waals surface area contributed by atoms with Gasteiger partial charge in [0.05, 0.1) is 0 Å². The molecular formula is C28H44N2O2. The molecule has 2 rings (SSSR count). The number of rotatable bonds is 12. The first kappa shape index (κ1) is 26.2. The van der Waals surface area contributed by atoms with Crippen LogP contribution in [0.4, 0.5) is 0 Å². The van der Waals surface area contributed by atoms with Crippen LogP contribution in [0, 0.1) is 17.8 Å². The van der Waals surface area contributed by atoms with Crippen LogP contribution in [-0.4, -0.2) is 60.8 Å². The fourth-order valence-electron chi connectivity index (χ4n) is 5.66. The van der Waals surface area contributed by atoms with E-state index >= 15 is 0 Å². The Labute approximate surface area is 195 Å². The van der Waals surface area contributed by atoms with Crippen molar-refractivity contribution in [3.05, 3.63) is 59.7 Å². The Bertz CT molecular complexity index is 823. The Balaban J connectivity index is 2.11. The van der Waals surface area contributed by atoms with Crippen LogP contribution in [-0.2, 0) is 0 Å². The summed E-state index contributed by atoms with van der Waals surface area (Å²) in [5.41, 5.74) is 2.44. The minimum Gasteiger partial charge on any atom is -0.508 e. The van der Waals surface area contributed by atoms with Gasteiger partial charge in [-0.05, 0) is 92.5 Å². The van der Waals surface area contributed by atoms with Crippen LogP contribution in [0.3, 0.4) is 0 Å². The summed E-state index contributed by atoms with van der Waals surface area (Å²) in [6.45, 7) is 12.2.